The van der Waals surface area contributed by atoms with Crippen molar-refractivity contribution in [2.45, 2.75) is 64.1 Å². The molecule has 21 heavy (non-hydrogen) atoms. The maximum atomic E-state index is 3.92. The van der Waals surface area contributed by atoms with Crippen molar-refractivity contribution in [3.05, 3.63) is 33.8 Å². The van der Waals surface area contributed by atoms with Crippen molar-refractivity contribution < 1.29 is 0 Å². The average Bonchev–Trinajstić information content (AvgIpc) is 2.80. The molecule has 1 unspecified atom stereocenters. The van der Waals surface area contributed by atoms with Crippen LogP contribution in [0.25, 0.3) is 0 Å². The Kier molecular flexibility index (Phi) is 4.45. The number of halogens is 1. The number of nitrogens with zero attached hydrogens (tertiary/aromatic N) is 1. The van der Waals surface area contributed by atoms with Gasteiger partial charge in [-0.25, -0.2) is 0 Å². The van der Waals surface area contributed by atoms with Crippen LogP contribution in [0, 0.1) is 0 Å². The fourth-order valence-corrected chi connectivity index (χ4v) is 4.17. The van der Waals surface area contributed by atoms with Crippen LogP contribution < -0.4 is 5.32 Å². The van der Waals surface area contributed by atoms with Gasteiger partial charge in [-0.3, -0.25) is 4.90 Å². The lowest BCUT2D eigenvalue weighted by Crippen LogP contribution is -2.50. The Labute approximate surface area is 137 Å². The van der Waals surface area contributed by atoms with Crippen LogP contribution in [0.4, 0.5) is 0 Å². The Morgan fingerprint density at radius 2 is 1.86 bits per heavy atom. The number of likely N-dealkylation sites (tertiary alicyclic amines) is 1. The fourth-order valence-electron chi connectivity index (χ4n) is 3.76. The summed E-state index contributed by atoms with van der Waals surface area (Å²) in [5, 5.41) is 3.92. The van der Waals surface area contributed by atoms with Crippen molar-refractivity contribution in [3.63, 3.8) is 0 Å². The molecule has 1 aliphatic heterocycles. The predicted molar refractivity (Wildman–Crippen MR) is 92.7 cm³/mol. The summed E-state index contributed by atoms with van der Waals surface area (Å²) in [6.07, 6.45) is 5.03. The molecule has 2 nitrogen and oxygen atoms in total. The highest BCUT2D eigenvalue weighted by Gasteiger charge is 2.30. The Bertz CT molecular complexity index is 498. The summed E-state index contributed by atoms with van der Waals surface area (Å²) >= 11 is 3.58. The number of hydrogen-bond acceptors (Lipinski definition) is 2. The first-order chi connectivity index (χ1) is 9.93. The topological polar surface area (TPSA) is 15.3 Å². The van der Waals surface area contributed by atoms with Crippen molar-refractivity contribution in [1.82, 2.24) is 10.2 Å². The van der Waals surface area contributed by atoms with Crippen molar-refractivity contribution in [3.8, 4) is 0 Å². The minimum atomic E-state index is 0.317. The molecule has 2 aliphatic rings. The molecule has 1 aliphatic carbocycles. The molecule has 0 saturated carbocycles. The summed E-state index contributed by atoms with van der Waals surface area (Å²) in [7, 11) is 0. The number of piperidine rings is 1. The van der Waals surface area contributed by atoms with Gasteiger partial charge in [0.05, 0.1) is 0 Å². The van der Waals surface area contributed by atoms with E-state index in [1.165, 1.54) is 54.4 Å². The van der Waals surface area contributed by atoms with Gasteiger partial charge in [-0.15, -0.1) is 0 Å². The molecule has 1 saturated heterocycles. The molecule has 0 amide bonds. The molecule has 1 heterocycles. The maximum Gasteiger partial charge on any atom is 0.0328 e. The molecular weight excluding hydrogens is 324 g/mol. The Hall–Kier alpha value is -0.380. The third-order valence-corrected chi connectivity index (χ3v) is 5.56. The molecule has 3 heteroatoms. The molecule has 1 fully saturated rings. The lowest BCUT2D eigenvalue weighted by molar-refractivity contribution is 0.0937. The second-order valence-corrected chi connectivity index (χ2v) is 8.45. The van der Waals surface area contributed by atoms with Gasteiger partial charge in [-0.2, -0.15) is 0 Å². The number of nitrogens with one attached hydrogen (secondary N) is 1. The van der Waals surface area contributed by atoms with Crippen LogP contribution in [0.3, 0.4) is 0 Å². The third kappa shape index (κ3) is 3.52. The minimum Gasteiger partial charge on any atom is -0.307 e. The quantitative estimate of drug-likeness (QED) is 0.855. The minimum absolute atomic E-state index is 0.317. The first-order valence-electron chi connectivity index (χ1n) is 8.23. The van der Waals surface area contributed by atoms with E-state index in [9.17, 15) is 0 Å². The van der Waals surface area contributed by atoms with Gasteiger partial charge in [0.25, 0.3) is 0 Å². The van der Waals surface area contributed by atoms with Gasteiger partial charge >= 0.3 is 0 Å². The Morgan fingerprint density at radius 1 is 1.14 bits per heavy atom. The fraction of sp³-hybridized carbons (Fsp3) is 0.667. The number of benzene rings is 1. The highest BCUT2D eigenvalue weighted by atomic mass is 79.9. The smallest absolute Gasteiger partial charge is 0.0328 e. The molecule has 0 bridgehead atoms. The Morgan fingerprint density at radius 3 is 2.52 bits per heavy atom. The summed E-state index contributed by atoms with van der Waals surface area (Å²) in [4.78, 5) is 2.62. The zero-order valence-electron chi connectivity index (χ0n) is 13.5. The average molecular weight is 351 g/mol. The number of rotatable bonds is 2. The van der Waals surface area contributed by atoms with E-state index in [0.717, 1.165) is 0 Å². The van der Waals surface area contributed by atoms with Gasteiger partial charge in [-0.1, -0.05) is 22.0 Å². The predicted octanol–water partition coefficient (Wildman–Crippen LogP) is 4.29. The molecular formula is C18H27BrN2. The molecule has 0 spiro atoms. The van der Waals surface area contributed by atoms with Gasteiger partial charge in [0.15, 0.2) is 0 Å². The SMILES string of the molecule is CC(C)(C)N1CCC(NC2CCc3cc(Br)ccc32)CC1. The molecule has 0 radical (unpaired) electrons. The van der Waals surface area contributed by atoms with Crippen LogP contribution in [0.15, 0.2) is 22.7 Å². The molecule has 1 atom stereocenters. The molecule has 3 rings (SSSR count). The van der Waals surface area contributed by atoms with E-state index >= 15 is 0 Å². The van der Waals surface area contributed by atoms with Gasteiger partial charge in [0, 0.05) is 35.2 Å². The van der Waals surface area contributed by atoms with Crippen LogP contribution in [0.5, 0.6) is 0 Å². The van der Waals surface area contributed by atoms with E-state index < -0.39 is 0 Å². The first-order valence-corrected chi connectivity index (χ1v) is 9.02. The zero-order valence-corrected chi connectivity index (χ0v) is 15.0. The zero-order chi connectivity index (χ0) is 15.0. The standard InChI is InChI=1S/C18H27BrN2/c1-18(2,3)21-10-8-15(9-11-21)20-17-7-4-13-12-14(19)5-6-16(13)17/h5-6,12,15,17,20H,4,7-11H2,1-3H3. The van der Waals surface area contributed by atoms with Crippen molar-refractivity contribution in [1.29, 1.82) is 0 Å². The van der Waals surface area contributed by atoms with E-state index in [4.69, 9.17) is 0 Å². The Balaban J connectivity index is 1.58. The van der Waals surface area contributed by atoms with Crippen LogP contribution in [-0.4, -0.2) is 29.6 Å². The van der Waals surface area contributed by atoms with Gasteiger partial charge in [-0.05, 0) is 69.7 Å². The summed E-state index contributed by atoms with van der Waals surface area (Å²) in [6.45, 7) is 9.42. The summed E-state index contributed by atoms with van der Waals surface area (Å²) in [5.74, 6) is 0. The normalized spacial score (nSPS) is 24.3. The summed E-state index contributed by atoms with van der Waals surface area (Å²) in [6, 6.07) is 8.02. The second kappa shape index (κ2) is 6.02. The lowest BCUT2D eigenvalue weighted by atomic mass is 9.97. The van der Waals surface area contributed by atoms with Crippen LogP contribution in [0.1, 0.15) is 57.2 Å². The van der Waals surface area contributed by atoms with Gasteiger partial charge < -0.3 is 5.32 Å². The largest absolute Gasteiger partial charge is 0.307 e. The highest BCUT2D eigenvalue weighted by Crippen LogP contribution is 2.34. The van der Waals surface area contributed by atoms with Crippen molar-refractivity contribution in [2.24, 2.45) is 0 Å². The van der Waals surface area contributed by atoms with E-state index in [1.807, 2.05) is 0 Å². The maximum absolute atomic E-state index is 3.92. The molecule has 116 valence electrons. The van der Waals surface area contributed by atoms with Crippen molar-refractivity contribution in [2.75, 3.05) is 13.1 Å². The number of hydrogen-bond donors (Lipinski definition) is 1. The molecule has 0 aromatic heterocycles. The third-order valence-electron chi connectivity index (χ3n) is 5.06. The second-order valence-electron chi connectivity index (χ2n) is 7.53. The van der Waals surface area contributed by atoms with Crippen LogP contribution in [0.2, 0.25) is 0 Å². The van der Waals surface area contributed by atoms with E-state index in [0.29, 0.717) is 17.6 Å². The van der Waals surface area contributed by atoms with E-state index in [2.05, 4.69) is 65.1 Å². The number of aryl methyl sites for hydroxylation is 1. The van der Waals surface area contributed by atoms with Gasteiger partial charge in [0.1, 0.15) is 0 Å². The molecule has 1 aromatic rings. The monoisotopic (exact) mass is 350 g/mol. The van der Waals surface area contributed by atoms with Gasteiger partial charge in [0.2, 0.25) is 0 Å². The van der Waals surface area contributed by atoms with E-state index in [1.54, 1.807) is 0 Å². The van der Waals surface area contributed by atoms with Crippen LogP contribution in [-0.2, 0) is 6.42 Å². The van der Waals surface area contributed by atoms with E-state index in [-0.39, 0.29) is 0 Å². The van der Waals surface area contributed by atoms with Crippen LogP contribution >= 0.6 is 15.9 Å². The summed E-state index contributed by atoms with van der Waals surface area (Å²) < 4.78 is 1.21. The lowest BCUT2D eigenvalue weighted by Gasteiger charge is -2.41. The number of fused-ring (bicyclic) bond motifs is 1. The molecule has 1 N–H and O–H groups in total. The molecule has 1 aromatic carbocycles. The summed E-state index contributed by atoms with van der Waals surface area (Å²) in [5.41, 5.74) is 3.36. The van der Waals surface area contributed by atoms with Crippen molar-refractivity contribution >= 4 is 15.9 Å². The first kappa shape index (κ1) is 15.5. The highest BCUT2D eigenvalue weighted by molar-refractivity contribution is 9.10.